The second kappa shape index (κ2) is 6.62. The Morgan fingerprint density at radius 3 is 2.44 bits per heavy atom. The second-order valence-electron chi connectivity index (χ2n) is 8.10. The zero-order chi connectivity index (χ0) is 19.2. The number of benzene rings is 1. The zero-order valence-electron chi connectivity index (χ0n) is 15.1. The number of carbonyl (C=O) groups excluding carboxylic acids is 2. The number of aliphatic carboxylic acids is 1. The third kappa shape index (κ3) is 3.42. The summed E-state index contributed by atoms with van der Waals surface area (Å²) in [6, 6.07) is 4.44. The van der Waals surface area contributed by atoms with Gasteiger partial charge >= 0.3 is 5.97 Å². The zero-order valence-corrected chi connectivity index (χ0v) is 15.1. The number of likely N-dealkylation sites (tertiary alicyclic amines) is 2. The van der Waals surface area contributed by atoms with Gasteiger partial charge in [0.25, 0.3) is 5.91 Å². The van der Waals surface area contributed by atoms with Crippen molar-refractivity contribution in [3.8, 4) is 0 Å². The Morgan fingerprint density at radius 1 is 1.15 bits per heavy atom. The molecule has 1 spiro atoms. The molecule has 6 nitrogen and oxygen atoms in total. The average molecular weight is 374 g/mol. The first kappa shape index (κ1) is 17.9. The lowest BCUT2D eigenvalue weighted by atomic mass is 9.76. The lowest BCUT2D eigenvalue weighted by molar-refractivity contribution is -0.141. The van der Waals surface area contributed by atoms with Gasteiger partial charge in [0.2, 0.25) is 5.91 Å². The normalized spacial score (nSPS) is 24.3. The van der Waals surface area contributed by atoms with Crippen molar-refractivity contribution in [1.82, 2.24) is 9.80 Å². The van der Waals surface area contributed by atoms with Crippen molar-refractivity contribution in [3.05, 3.63) is 35.6 Å². The number of rotatable bonds is 3. The van der Waals surface area contributed by atoms with Gasteiger partial charge < -0.3 is 14.9 Å². The van der Waals surface area contributed by atoms with Crippen molar-refractivity contribution in [2.45, 2.75) is 38.1 Å². The number of piperidine rings is 1. The van der Waals surface area contributed by atoms with E-state index in [1.807, 2.05) is 4.90 Å². The fourth-order valence-corrected chi connectivity index (χ4v) is 4.43. The molecular weight excluding hydrogens is 351 g/mol. The molecule has 4 rings (SSSR count). The molecule has 1 aliphatic carbocycles. The highest BCUT2D eigenvalue weighted by atomic mass is 19.1. The lowest BCUT2D eigenvalue weighted by Crippen LogP contribution is -2.45. The fourth-order valence-electron chi connectivity index (χ4n) is 4.43. The molecule has 2 aliphatic heterocycles. The van der Waals surface area contributed by atoms with Crippen LogP contribution in [-0.2, 0) is 9.59 Å². The SMILES string of the molecule is O=C(O)C1CC2(CCN(C(=O)C3CC3)CC2)CN1C(=O)c1cccc(F)c1. The largest absolute Gasteiger partial charge is 0.480 e. The van der Waals surface area contributed by atoms with Crippen LogP contribution in [0.4, 0.5) is 4.39 Å². The van der Waals surface area contributed by atoms with Crippen LogP contribution in [0, 0.1) is 17.2 Å². The van der Waals surface area contributed by atoms with Gasteiger partial charge in [0.05, 0.1) is 0 Å². The molecule has 0 radical (unpaired) electrons. The quantitative estimate of drug-likeness (QED) is 0.879. The average Bonchev–Trinajstić information content (AvgIpc) is 3.44. The smallest absolute Gasteiger partial charge is 0.326 e. The number of carbonyl (C=O) groups is 3. The first-order chi connectivity index (χ1) is 12.9. The topological polar surface area (TPSA) is 77.9 Å². The van der Waals surface area contributed by atoms with E-state index in [4.69, 9.17) is 0 Å². The Balaban J connectivity index is 1.49. The molecule has 1 aromatic rings. The van der Waals surface area contributed by atoms with Crippen molar-refractivity contribution in [1.29, 1.82) is 0 Å². The Bertz CT molecular complexity index is 784. The van der Waals surface area contributed by atoms with E-state index in [0.717, 1.165) is 18.9 Å². The number of halogens is 1. The summed E-state index contributed by atoms with van der Waals surface area (Å²) in [5.41, 5.74) is -0.119. The Labute approximate surface area is 156 Å². The van der Waals surface area contributed by atoms with Crippen LogP contribution in [-0.4, -0.2) is 58.4 Å². The summed E-state index contributed by atoms with van der Waals surface area (Å²) in [6.07, 6.45) is 3.72. The Hall–Kier alpha value is -2.44. The van der Waals surface area contributed by atoms with E-state index in [1.54, 1.807) is 0 Å². The van der Waals surface area contributed by atoms with E-state index in [0.29, 0.717) is 38.9 Å². The molecule has 1 saturated carbocycles. The molecule has 2 saturated heterocycles. The summed E-state index contributed by atoms with van der Waals surface area (Å²) in [6.45, 7) is 1.57. The van der Waals surface area contributed by atoms with Gasteiger partial charge in [0.1, 0.15) is 11.9 Å². The highest BCUT2D eigenvalue weighted by molar-refractivity contribution is 5.97. The van der Waals surface area contributed by atoms with Crippen molar-refractivity contribution in [3.63, 3.8) is 0 Å². The van der Waals surface area contributed by atoms with E-state index >= 15 is 0 Å². The summed E-state index contributed by atoms with van der Waals surface area (Å²) in [4.78, 5) is 40.1. The minimum atomic E-state index is -1.03. The summed E-state index contributed by atoms with van der Waals surface area (Å²) < 4.78 is 13.5. The summed E-state index contributed by atoms with van der Waals surface area (Å²) >= 11 is 0. The summed E-state index contributed by atoms with van der Waals surface area (Å²) in [5, 5.41) is 9.64. The van der Waals surface area contributed by atoms with Crippen LogP contribution in [0.25, 0.3) is 0 Å². The highest BCUT2D eigenvalue weighted by Gasteiger charge is 2.50. The highest BCUT2D eigenvalue weighted by Crippen LogP contribution is 2.45. The predicted molar refractivity (Wildman–Crippen MR) is 94.4 cm³/mol. The number of carboxylic acid groups (broad SMARTS) is 1. The number of carboxylic acids is 1. The van der Waals surface area contributed by atoms with Crippen LogP contribution < -0.4 is 0 Å². The molecule has 144 valence electrons. The van der Waals surface area contributed by atoms with Crippen LogP contribution >= 0.6 is 0 Å². The maximum absolute atomic E-state index is 13.5. The third-order valence-corrected chi connectivity index (χ3v) is 6.19. The lowest BCUT2D eigenvalue weighted by Gasteiger charge is -2.39. The van der Waals surface area contributed by atoms with Crippen LogP contribution in [0.15, 0.2) is 24.3 Å². The van der Waals surface area contributed by atoms with Crippen LogP contribution in [0.2, 0.25) is 0 Å². The number of hydrogen-bond acceptors (Lipinski definition) is 3. The van der Waals surface area contributed by atoms with Crippen LogP contribution in [0.3, 0.4) is 0 Å². The first-order valence-corrected chi connectivity index (χ1v) is 9.47. The van der Waals surface area contributed by atoms with Crippen molar-refractivity contribution >= 4 is 17.8 Å². The van der Waals surface area contributed by atoms with Gasteiger partial charge in [-0.3, -0.25) is 9.59 Å². The molecule has 3 fully saturated rings. The molecule has 1 unspecified atom stereocenters. The molecule has 1 N–H and O–H groups in total. The number of nitrogens with zero attached hydrogens (tertiary/aromatic N) is 2. The van der Waals surface area contributed by atoms with E-state index in [2.05, 4.69) is 0 Å². The van der Waals surface area contributed by atoms with E-state index in [9.17, 15) is 23.9 Å². The Kier molecular flexibility index (Phi) is 4.40. The number of amides is 2. The molecule has 27 heavy (non-hydrogen) atoms. The fraction of sp³-hybridized carbons (Fsp3) is 0.550. The molecular formula is C20H23FN2O4. The van der Waals surface area contributed by atoms with Gasteiger partial charge in [-0.05, 0) is 55.7 Å². The molecule has 3 aliphatic rings. The van der Waals surface area contributed by atoms with E-state index in [1.165, 1.54) is 23.1 Å². The molecule has 1 atom stereocenters. The first-order valence-electron chi connectivity index (χ1n) is 9.47. The molecule has 7 heteroatoms. The molecule has 2 heterocycles. The molecule has 0 aromatic heterocycles. The van der Waals surface area contributed by atoms with Gasteiger partial charge in [0, 0.05) is 31.1 Å². The van der Waals surface area contributed by atoms with E-state index < -0.39 is 23.7 Å². The van der Waals surface area contributed by atoms with Crippen LogP contribution in [0.1, 0.15) is 42.5 Å². The van der Waals surface area contributed by atoms with Crippen molar-refractivity contribution < 1.29 is 23.9 Å². The van der Waals surface area contributed by atoms with Crippen molar-refractivity contribution in [2.24, 2.45) is 11.3 Å². The number of hydrogen-bond donors (Lipinski definition) is 1. The molecule has 1 aromatic carbocycles. The van der Waals surface area contributed by atoms with Gasteiger partial charge in [-0.25, -0.2) is 9.18 Å². The second-order valence-corrected chi connectivity index (χ2v) is 8.10. The predicted octanol–water partition coefficient (Wildman–Crippen LogP) is 2.14. The monoisotopic (exact) mass is 374 g/mol. The Morgan fingerprint density at radius 2 is 1.85 bits per heavy atom. The standard InChI is InChI=1S/C20H23FN2O4/c21-15-3-1-2-14(10-15)18(25)23-12-20(11-16(23)19(26)27)6-8-22(9-7-20)17(24)13-4-5-13/h1-3,10,13,16H,4-9,11-12H2,(H,26,27). The minimum Gasteiger partial charge on any atom is -0.480 e. The van der Waals surface area contributed by atoms with Gasteiger partial charge in [-0.2, -0.15) is 0 Å². The van der Waals surface area contributed by atoms with Crippen molar-refractivity contribution in [2.75, 3.05) is 19.6 Å². The summed E-state index contributed by atoms with van der Waals surface area (Å²) in [7, 11) is 0. The van der Waals surface area contributed by atoms with Gasteiger partial charge in [0.15, 0.2) is 0 Å². The third-order valence-electron chi connectivity index (χ3n) is 6.19. The minimum absolute atomic E-state index is 0.166. The summed E-state index contributed by atoms with van der Waals surface area (Å²) in [5.74, 6) is -1.61. The maximum atomic E-state index is 13.5. The maximum Gasteiger partial charge on any atom is 0.326 e. The van der Waals surface area contributed by atoms with Crippen LogP contribution in [0.5, 0.6) is 0 Å². The molecule has 0 bridgehead atoms. The van der Waals surface area contributed by atoms with E-state index in [-0.39, 0.29) is 22.8 Å². The van der Waals surface area contributed by atoms with Gasteiger partial charge in [-0.1, -0.05) is 6.07 Å². The van der Waals surface area contributed by atoms with Gasteiger partial charge in [-0.15, -0.1) is 0 Å². The molecule has 2 amide bonds.